The highest BCUT2D eigenvalue weighted by atomic mass is 35.5. The third-order valence-corrected chi connectivity index (χ3v) is 6.48. The Labute approximate surface area is 226 Å². The first-order chi connectivity index (χ1) is 18.4. The quantitative estimate of drug-likeness (QED) is 0.202. The van der Waals surface area contributed by atoms with Crippen molar-refractivity contribution in [1.82, 2.24) is 4.57 Å². The number of nitrogens with zero attached hydrogens (tertiary/aromatic N) is 2. The number of carbonyl (C=O) groups is 1. The third kappa shape index (κ3) is 6.05. The van der Waals surface area contributed by atoms with Crippen LogP contribution < -0.4 is 21.3 Å². The lowest BCUT2D eigenvalue weighted by atomic mass is 9.98. The number of aromatic nitrogens is 1. The summed E-state index contributed by atoms with van der Waals surface area (Å²) in [5.41, 5.74) is 9.39. The van der Waals surface area contributed by atoms with E-state index in [1.807, 2.05) is 30.3 Å². The smallest absolute Gasteiger partial charge is 0.269 e. The molecule has 0 bridgehead atoms. The number of pyridine rings is 1. The van der Waals surface area contributed by atoms with Gasteiger partial charge in [-0.1, -0.05) is 35.9 Å². The van der Waals surface area contributed by atoms with Crippen molar-refractivity contribution < 1.29 is 9.53 Å². The van der Waals surface area contributed by atoms with Crippen LogP contribution in [-0.4, -0.2) is 17.6 Å². The van der Waals surface area contributed by atoms with E-state index in [0.29, 0.717) is 52.8 Å². The van der Waals surface area contributed by atoms with Crippen molar-refractivity contribution in [3.8, 4) is 34.2 Å². The molecule has 0 saturated heterocycles. The molecule has 1 heterocycles. The molecule has 0 spiro atoms. The van der Waals surface area contributed by atoms with Crippen molar-refractivity contribution in [1.29, 1.82) is 5.26 Å². The molecule has 3 aromatic carbocycles. The number of benzene rings is 3. The molecule has 192 valence electrons. The SMILES string of the molecule is COc1ccc(-c2cc(-c3ccc(Cl)cc3)c(C#N)c(=O)n2CCCCC(=O)Nc2ccccc2N)cc1. The maximum atomic E-state index is 13.6. The van der Waals surface area contributed by atoms with Crippen LogP contribution in [0, 0.1) is 11.3 Å². The van der Waals surface area contributed by atoms with Crippen LogP contribution in [0.2, 0.25) is 5.02 Å². The number of halogens is 1. The van der Waals surface area contributed by atoms with Gasteiger partial charge in [-0.25, -0.2) is 0 Å². The predicted octanol–water partition coefficient (Wildman–Crippen LogP) is 6.11. The average Bonchev–Trinajstić information content (AvgIpc) is 2.93. The normalized spacial score (nSPS) is 10.6. The van der Waals surface area contributed by atoms with Gasteiger partial charge in [0.1, 0.15) is 17.4 Å². The van der Waals surface area contributed by atoms with Gasteiger partial charge >= 0.3 is 0 Å². The Morgan fingerprint density at radius 1 is 1.03 bits per heavy atom. The minimum Gasteiger partial charge on any atom is -0.497 e. The van der Waals surface area contributed by atoms with Gasteiger partial charge in [-0.3, -0.25) is 9.59 Å². The van der Waals surface area contributed by atoms with Gasteiger partial charge in [0.15, 0.2) is 0 Å². The van der Waals surface area contributed by atoms with Crippen LogP contribution in [0.4, 0.5) is 11.4 Å². The number of hydrogen-bond acceptors (Lipinski definition) is 5. The molecule has 0 fully saturated rings. The number of nitriles is 1. The zero-order valence-electron chi connectivity index (χ0n) is 20.9. The molecule has 0 radical (unpaired) electrons. The molecule has 0 aliphatic carbocycles. The summed E-state index contributed by atoms with van der Waals surface area (Å²) in [6.45, 7) is 0.344. The molecular weight excluding hydrogens is 500 g/mol. The fourth-order valence-electron chi connectivity index (χ4n) is 4.21. The van der Waals surface area contributed by atoms with E-state index >= 15 is 0 Å². The number of amides is 1. The van der Waals surface area contributed by atoms with Gasteiger partial charge in [0.05, 0.1) is 24.2 Å². The Kier molecular flexibility index (Phi) is 8.47. The van der Waals surface area contributed by atoms with Crippen molar-refractivity contribution in [3.63, 3.8) is 0 Å². The Bertz CT molecular complexity index is 1540. The number of hydrogen-bond donors (Lipinski definition) is 2. The van der Waals surface area contributed by atoms with Crippen LogP contribution in [-0.2, 0) is 11.3 Å². The number of nitrogen functional groups attached to an aromatic ring is 1. The van der Waals surface area contributed by atoms with Gasteiger partial charge in [0.2, 0.25) is 5.91 Å². The van der Waals surface area contributed by atoms with Gasteiger partial charge in [0, 0.05) is 23.6 Å². The highest BCUT2D eigenvalue weighted by Gasteiger charge is 2.18. The molecule has 3 N–H and O–H groups in total. The summed E-state index contributed by atoms with van der Waals surface area (Å²) < 4.78 is 6.89. The van der Waals surface area contributed by atoms with Crippen LogP contribution in [0.3, 0.4) is 0 Å². The van der Waals surface area contributed by atoms with Crippen molar-refractivity contribution in [2.75, 3.05) is 18.2 Å². The van der Waals surface area contributed by atoms with E-state index in [9.17, 15) is 14.9 Å². The molecule has 1 amide bonds. The molecule has 0 atom stereocenters. The minimum absolute atomic E-state index is 0.0573. The van der Waals surface area contributed by atoms with E-state index in [2.05, 4.69) is 11.4 Å². The van der Waals surface area contributed by atoms with E-state index in [1.54, 1.807) is 60.2 Å². The Morgan fingerprint density at radius 2 is 1.71 bits per heavy atom. The summed E-state index contributed by atoms with van der Waals surface area (Å²) in [6, 6.07) is 25.5. The molecule has 38 heavy (non-hydrogen) atoms. The van der Waals surface area contributed by atoms with Gasteiger partial charge in [-0.05, 0) is 78.6 Å². The number of carbonyl (C=O) groups excluding carboxylic acids is 1. The highest BCUT2D eigenvalue weighted by Crippen LogP contribution is 2.30. The molecule has 0 aliphatic rings. The lowest BCUT2D eigenvalue weighted by molar-refractivity contribution is -0.116. The first-order valence-electron chi connectivity index (χ1n) is 12.1. The van der Waals surface area contributed by atoms with E-state index in [0.717, 1.165) is 11.1 Å². The summed E-state index contributed by atoms with van der Waals surface area (Å²) in [5.74, 6) is 0.542. The molecule has 4 aromatic rings. The standard InChI is InChI=1S/C30H27ClN4O3/c1-38-23-15-11-21(12-16-23)28-18-24(20-9-13-22(31)14-10-20)25(19-32)30(37)35(28)17-5-4-8-29(36)34-27-7-3-2-6-26(27)33/h2-3,6-7,9-16,18H,4-5,8,17,33H2,1H3,(H,34,36). The first-order valence-corrected chi connectivity index (χ1v) is 12.5. The molecule has 8 heteroatoms. The van der Waals surface area contributed by atoms with Crippen LogP contribution in [0.1, 0.15) is 24.8 Å². The second kappa shape index (κ2) is 12.1. The Hall–Kier alpha value is -4.54. The molecule has 0 unspecified atom stereocenters. The maximum Gasteiger partial charge on any atom is 0.269 e. The lowest BCUT2D eigenvalue weighted by Crippen LogP contribution is -2.25. The second-order valence-electron chi connectivity index (χ2n) is 8.71. The number of unbranched alkanes of at least 4 members (excludes halogenated alkanes) is 1. The molecule has 4 rings (SSSR count). The van der Waals surface area contributed by atoms with Gasteiger partial charge in [-0.2, -0.15) is 5.26 Å². The fraction of sp³-hybridized carbons (Fsp3) is 0.167. The van der Waals surface area contributed by atoms with Crippen molar-refractivity contribution in [2.45, 2.75) is 25.8 Å². The Balaban J connectivity index is 1.61. The van der Waals surface area contributed by atoms with Crippen molar-refractivity contribution in [2.24, 2.45) is 0 Å². The Morgan fingerprint density at radius 3 is 2.37 bits per heavy atom. The molecule has 0 aliphatic heterocycles. The van der Waals surface area contributed by atoms with E-state index in [1.165, 1.54) is 0 Å². The van der Waals surface area contributed by atoms with Crippen molar-refractivity contribution >= 4 is 28.9 Å². The number of para-hydroxylation sites is 2. The summed E-state index contributed by atoms with van der Waals surface area (Å²) in [5, 5.41) is 13.3. The number of rotatable bonds is 9. The summed E-state index contributed by atoms with van der Waals surface area (Å²) >= 11 is 6.05. The molecule has 1 aromatic heterocycles. The topological polar surface area (TPSA) is 110 Å². The fourth-order valence-corrected chi connectivity index (χ4v) is 4.34. The number of nitrogens with two attached hydrogens (primary N) is 1. The number of ether oxygens (including phenoxy) is 1. The zero-order valence-corrected chi connectivity index (χ0v) is 21.7. The molecular formula is C30H27ClN4O3. The van der Waals surface area contributed by atoms with Gasteiger partial charge < -0.3 is 20.4 Å². The largest absolute Gasteiger partial charge is 0.497 e. The zero-order chi connectivity index (χ0) is 27.1. The second-order valence-corrected chi connectivity index (χ2v) is 9.15. The summed E-state index contributed by atoms with van der Waals surface area (Å²) in [6.07, 6.45) is 1.38. The van der Waals surface area contributed by atoms with E-state index in [4.69, 9.17) is 22.1 Å². The highest BCUT2D eigenvalue weighted by molar-refractivity contribution is 6.30. The predicted molar refractivity (Wildman–Crippen MR) is 151 cm³/mol. The molecule has 7 nitrogen and oxygen atoms in total. The number of anilines is 2. The van der Waals surface area contributed by atoms with E-state index < -0.39 is 0 Å². The van der Waals surface area contributed by atoms with Crippen LogP contribution in [0.5, 0.6) is 5.75 Å². The maximum absolute atomic E-state index is 13.6. The first kappa shape index (κ1) is 26.5. The summed E-state index contributed by atoms with van der Waals surface area (Å²) in [7, 11) is 1.59. The van der Waals surface area contributed by atoms with Gasteiger partial charge in [0.25, 0.3) is 5.56 Å². The number of nitrogens with one attached hydrogen (secondary N) is 1. The minimum atomic E-state index is -0.382. The van der Waals surface area contributed by atoms with Crippen LogP contribution >= 0.6 is 11.6 Å². The van der Waals surface area contributed by atoms with Gasteiger partial charge in [-0.15, -0.1) is 0 Å². The lowest BCUT2D eigenvalue weighted by Gasteiger charge is -2.17. The monoisotopic (exact) mass is 526 g/mol. The number of methoxy groups -OCH3 is 1. The van der Waals surface area contributed by atoms with Crippen molar-refractivity contribution in [3.05, 3.63) is 99.8 Å². The van der Waals surface area contributed by atoms with Crippen LogP contribution in [0.15, 0.2) is 83.7 Å². The van der Waals surface area contributed by atoms with Crippen LogP contribution in [0.25, 0.3) is 22.4 Å². The summed E-state index contributed by atoms with van der Waals surface area (Å²) in [4.78, 5) is 26.0. The van der Waals surface area contributed by atoms with E-state index in [-0.39, 0.29) is 23.5 Å². The molecule has 0 saturated carbocycles. The average molecular weight is 527 g/mol. The third-order valence-electron chi connectivity index (χ3n) is 6.22.